The van der Waals surface area contributed by atoms with Crippen LogP contribution in [0.15, 0.2) is 58.1 Å². The maximum absolute atomic E-state index is 13.3. The van der Waals surface area contributed by atoms with E-state index in [0.29, 0.717) is 17.7 Å². The van der Waals surface area contributed by atoms with Crippen molar-refractivity contribution in [2.75, 3.05) is 11.4 Å². The van der Waals surface area contributed by atoms with E-state index in [2.05, 4.69) is 74.2 Å². The number of hydrogen-bond donors (Lipinski definition) is 0. The highest BCUT2D eigenvalue weighted by molar-refractivity contribution is 5.75. The number of benzene rings is 2. The van der Waals surface area contributed by atoms with Gasteiger partial charge < -0.3 is 4.90 Å². The van der Waals surface area contributed by atoms with E-state index in [4.69, 9.17) is 4.98 Å². The molecule has 1 aliphatic heterocycles. The molecule has 176 valence electrons. The standard InChI is InChI=1S/C27H31N5O2/c1-27(2,3)21-12-10-18(11-13-21)16-32-22-23(29(4)26(34)30(5)24(22)33)28-25(32)31-15-14-19-8-6-7-9-20(19)17-31/h6-13H,14-17H2,1-5H3. The lowest BCUT2D eigenvalue weighted by Crippen LogP contribution is -2.37. The van der Waals surface area contributed by atoms with Crippen molar-refractivity contribution >= 4 is 17.1 Å². The molecule has 7 nitrogen and oxygen atoms in total. The number of rotatable bonds is 3. The molecule has 0 radical (unpaired) electrons. The zero-order valence-corrected chi connectivity index (χ0v) is 20.5. The first-order chi connectivity index (χ1) is 16.1. The molecule has 4 aromatic rings. The van der Waals surface area contributed by atoms with Crippen LogP contribution in [0.5, 0.6) is 0 Å². The fourth-order valence-corrected chi connectivity index (χ4v) is 4.79. The number of anilines is 1. The SMILES string of the molecule is Cn1c(=O)c2c(nc(N3CCc4ccccc4C3)n2Cc2ccc(C(C)(C)C)cc2)n(C)c1=O. The molecule has 0 atom stereocenters. The summed E-state index contributed by atoms with van der Waals surface area (Å²) in [6.07, 6.45) is 0.913. The summed E-state index contributed by atoms with van der Waals surface area (Å²) in [6, 6.07) is 17.0. The average Bonchev–Trinajstić information content (AvgIpc) is 3.20. The normalized spacial score (nSPS) is 14.0. The van der Waals surface area contributed by atoms with E-state index in [1.807, 2.05) is 4.57 Å². The van der Waals surface area contributed by atoms with E-state index in [0.717, 1.165) is 31.0 Å². The molecule has 0 unspecified atom stereocenters. The van der Waals surface area contributed by atoms with Gasteiger partial charge in [0.1, 0.15) is 0 Å². The van der Waals surface area contributed by atoms with Crippen LogP contribution in [0.25, 0.3) is 11.2 Å². The molecule has 3 heterocycles. The number of fused-ring (bicyclic) bond motifs is 2. The second-order valence-electron chi connectivity index (χ2n) is 10.3. The molecular weight excluding hydrogens is 426 g/mol. The van der Waals surface area contributed by atoms with Crippen LogP contribution < -0.4 is 16.1 Å². The Morgan fingerprint density at radius 1 is 0.912 bits per heavy atom. The Labute approximate surface area is 198 Å². The van der Waals surface area contributed by atoms with Gasteiger partial charge in [-0.05, 0) is 34.1 Å². The molecule has 5 rings (SSSR count). The summed E-state index contributed by atoms with van der Waals surface area (Å²) in [4.78, 5) is 33.0. The number of aromatic nitrogens is 4. The number of hydrogen-bond acceptors (Lipinski definition) is 4. The molecule has 34 heavy (non-hydrogen) atoms. The second-order valence-corrected chi connectivity index (χ2v) is 10.3. The monoisotopic (exact) mass is 457 g/mol. The molecule has 7 heteroatoms. The smallest absolute Gasteiger partial charge is 0.332 e. The van der Waals surface area contributed by atoms with Crippen LogP contribution in [0.1, 0.15) is 43.0 Å². The van der Waals surface area contributed by atoms with Gasteiger partial charge in [-0.15, -0.1) is 0 Å². The molecule has 0 N–H and O–H groups in total. The fraction of sp³-hybridized carbons (Fsp3) is 0.370. The summed E-state index contributed by atoms with van der Waals surface area (Å²) in [6.45, 7) is 8.61. The van der Waals surface area contributed by atoms with Crippen LogP contribution in [0.4, 0.5) is 5.95 Å². The third-order valence-electron chi connectivity index (χ3n) is 6.90. The Balaban J connectivity index is 1.66. The predicted octanol–water partition coefficient (Wildman–Crippen LogP) is 3.34. The first-order valence-electron chi connectivity index (χ1n) is 11.7. The molecule has 0 aliphatic carbocycles. The summed E-state index contributed by atoms with van der Waals surface area (Å²) in [5, 5.41) is 0. The number of imidazole rings is 1. The minimum Gasteiger partial charge on any atom is -0.337 e. The topological polar surface area (TPSA) is 65.1 Å². The number of nitrogens with zero attached hydrogens (tertiary/aromatic N) is 5. The summed E-state index contributed by atoms with van der Waals surface area (Å²) >= 11 is 0. The van der Waals surface area contributed by atoms with Crippen molar-refractivity contribution in [2.45, 2.75) is 45.7 Å². The van der Waals surface area contributed by atoms with E-state index in [9.17, 15) is 9.59 Å². The first kappa shape index (κ1) is 22.2. The maximum Gasteiger partial charge on any atom is 0.332 e. The third kappa shape index (κ3) is 3.65. The molecule has 0 bridgehead atoms. The van der Waals surface area contributed by atoms with Crippen molar-refractivity contribution in [2.24, 2.45) is 14.1 Å². The Morgan fingerprint density at radius 3 is 2.26 bits per heavy atom. The van der Waals surface area contributed by atoms with Crippen molar-refractivity contribution in [1.82, 2.24) is 18.7 Å². The van der Waals surface area contributed by atoms with Gasteiger partial charge in [0.25, 0.3) is 5.56 Å². The van der Waals surface area contributed by atoms with Crippen molar-refractivity contribution in [3.63, 3.8) is 0 Å². The maximum atomic E-state index is 13.3. The van der Waals surface area contributed by atoms with Gasteiger partial charge in [0.05, 0.1) is 6.54 Å². The molecule has 0 saturated carbocycles. The Morgan fingerprint density at radius 2 is 1.59 bits per heavy atom. The average molecular weight is 458 g/mol. The highest BCUT2D eigenvalue weighted by Crippen LogP contribution is 2.28. The van der Waals surface area contributed by atoms with Crippen LogP contribution in [-0.2, 0) is 39.0 Å². The lowest BCUT2D eigenvalue weighted by molar-refractivity contribution is 0.589. The Hall–Kier alpha value is -3.61. The van der Waals surface area contributed by atoms with Crippen molar-refractivity contribution in [1.29, 1.82) is 0 Å². The van der Waals surface area contributed by atoms with Crippen LogP contribution in [-0.4, -0.2) is 25.2 Å². The molecule has 0 spiro atoms. The number of aryl methyl sites for hydroxylation is 1. The molecule has 2 aromatic heterocycles. The van der Waals surface area contributed by atoms with E-state index in [1.54, 1.807) is 7.05 Å². The summed E-state index contributed by atoms with van der Waals surface area (Å²) in [7, 11) is 3.20. The van der Waals surface area contributed by atoms with Gasteiger partial charge in [-0.2, -0.15) is 4.98 Å². The Kier molecular flexibility index (Phi) is 5.23. The van der Waals surface area contributed by atoms with Gasteiger partial charge in [-0.25, -0.2) is 4.79 Å². The largest absolute Gasteiger partial charge is 0.337 e. The van der Waals surface area contributed by atoms with Crippen molar-refractivity contribution in [3.8, 4) is 0 Å². The molecule has 0 amide bonds. The van der Waals surface area contributed by atoms with Crippen LogP contribution in [0.2, 0.25) is 0 Å². The first-order valence-corrected chi connectivity index (χ1v) is 11.7. The zero-order valence-electron chi connectivity index (χ0n) is 20.5. The zero-order chi connectivity index (χ0) is 24.2. The van der Waals surface area contributed by atoms with E-state index in [-0.39, 0.29) is 16.7 Å². The van der Waals surface area contributed by atoms with Crippen LogP contribution >= 0.6 is 0 Å². The van der Waals surface area contributed by atoms with Gasteiger partial charge in [-0.3, -0.25) is 18.5 Å². The van der Waals surface area contributed by atoms with Gasteiger partial charge in [0.15, 0.2) is 11.2 Å². The lowest BCUT2D eigenvalue weighted by atomic mass is 9.87. The van der Waals surface area contributed by atoms with Crippen LogP contribution in [0.3, 0.4) is 0 Å². The quantitative estimate of drug-likeness (QED) is 0.473. The summed E-state index contributed by atoms with van der Waals surface area (Å²) in [5.74, 6) is 0.725. The van der Waals surface area contributed by atoms with Gasteiger partial charge >= 0.3 is 5.69 Å². The third-order valence-corrected chi connectivity index (χ3v) is 6.90. The van der Waals surface area contributed by atoms with Gasteiger partial charge in [0, 0.05) is 27.2 Å². The predicted molar refractivity (Wildman–Crippen MR) is 136 cm³/mol. The highest BCUT2D eigenvalue weighted by Gasteiger charge is 2.25. The second kappa shape index (κ2) is 8.01. The summed E-state index contributed by atoms with van der Waals surface area (Å²) < 4.78 is 4.62. The van der Waals surface area contributed by atoms with Crippen LogP contribution in [0, 0.1) is 0 Å². The van der Waals surface area contributed by atoms with Gasteiger partial charge in [-0.1, -0.05) is 69.3 Å². The van der Waals surface area contributed by atoms with E-state index < -0.39 is 0 Å². The molecule has 0 saturated heterocycles. The fourth-order valence-electron chi connectivity index (χ4n) is 4.79. The van der Waals surface area contributed by atoms with Crippen molar-refractivity contribution < 1.29 is 0 Å². The molecule has 2 aromatic carbocycles. The lowest BCUT2D eigenvalue weighted by Gasteiger charge is -2.30. The van der Waals surface area contributed by atoms with Gasteiger partial charge in [0.2, 0.25) is 5.95 Å². The molecule has 0 fully saturated rings. The van der Waals surface area contributed by atoms with Crippen molar-refractivity contribution in [3.05, 3.63) is 91.6 Å². The molecular formula is C27H31N5O2. The van der Waals surface area contributed by atoms with E-state index >= 15 is 0 Å². The highest BCUT2D eigenvalue weighted by atomic mass is 16.2. The summed E-state index contributed by atoms with van der Waals surface area (Å²) in [5.41, 5.74) is 5.23. The molecule has 1 aliphatic rings. The minimum absolute atomic E-state index is 0.0702. The van der Waals surface area contributed by atoms with E-state index in [1.165, 1.54) is 32.9 Å². The minimum atomic E-state index is -0.368. The Bertz CT molecular complexity index is 1500.